The van der Waals surface area contributed by atoms with E-state index in [-0.39, 0.29) is 0 Å². The summed E-state index contributed by atoms with van der Waals surface area (Å²) in [6.45, 7) is 14.6. The zero-order chi connectivity index (χ0) is 16.2. The van der Waals surface area contributed by atoms with Gasteiger partial charge in [0, 0.05) is 32.2 Å². The highest BCUT2D eigenvalue weighted by molar-refractivity contribution is 5.80. The second-order valence-electron chi connectivity index (χ2n) is 6.91. The van der Waals surface area contributed by atoms with Gasteiger partial charge < -0.3 is 15.5 Å². The van der Waals surface area contributed by atoms with Crippen molar-refractivity contribution >= 4 is 5.96 Å². The van der Waals surface area contributed by atoms with Gasteiger partial charge in [-0.25, -0.2) is 0 Å². The van der Waals surface area contributed by atoms with Crippen LogP contribution in [0.25, 0.3) is 0 Å². The van der Waals surface area contributed by atoms with Crippen molar-refractivity contribution in [2.75, 3.05) is 32.7 Å². The van der Waals surface area contributed by atoms with Gasteiger partial charge in [0.25, 0.3) is 0 Å². The summed E-state index contributed by atoms with van der Waals surface area (Å²) in [7, 11) is 0. The normalized spacial score (nSPS) is 18.0. The lowest BCUT2D eigenvalue weighted by atomic mass is 10.1. The van der Waals surface area contributed by atoms with Crippen molar-refractivity contribution in [3.8, 4) is 0 Å². The molecule has 1 rings (SSSR count). The minimum atomic E-state index is 0.585. The molecule has 2 N–H and O–H groups in total. The molecule has 0 atom stereocenters. The molecule has 1 aliphatic rings. The molecule has 0 spiro atoms. The van der Waals surface area contributed by atoms with Crippen molar-refractivity contribution in [1.82, 2.24) is 15.5 Å². The third-order valence-corrected chi connectivity index (χ3v) is 4.27. The predicted molar refractivity (Wildman–Crippen MR) is 97.6 cm³/mol. The van der Waals surface area contributed by atoms with E-state index < -0.39 is 0 Å². The number of guanidine groups is 1. The molecule has 0 aliphatic carbocycles. The maximum Gasteiger partial charge on any atom is 0.191 e. The highest BCUT2D eigenvalue weighted by Crippen LogP contribution is 2.10. The van der Waals surface area contributed by atoms with E-state index in [1.165, 1.54) is 58.2 Å². The molecule has 0 unspecified atom stereocenters. The average molecular weight is 311 g/mol. The molecule has 0 aromatic heterocycles. The van der Waals surface area contributed by atoms with E-state index in [2.05, 4.69) is 43.2 Å². The first-order valence-corrected chi connectivity index (χ1v) is 9.42. The number of piperidine rings is 1. The van der Waals surface area contributed by atoms with Gasteiger partial charge in [0.05, 0.1) is 0 Å². The standard InChI is InChI=1S/C18H38N4/c1-5-13-22-14-10-17(11-15-22)21-18(19-6-2)20-12-8-7-9-16(3)4/h16-17H,5-15H2,1-4H3,(H2,19,20,21). The van der Waals surface area contributed by atoms with Gasteiger partial charge in [-0.1, -0.05) is 33.6 Å². The molecule has 1 saturated heterocycles. The second kappa shape index (κ2) is 11.8. The quantitative estimate of drug-likeness (QED) is 0.390. The van der Waals surface area contributed by atoms with Crippen LogP contribution in [-0.2, 0) is 0 Å². The first kappa shape index (κ1) is 19.3. The molecule has 4 heteroatoms. The first-order chi connectivity index (χ1) is 10.7. The predicted octanol–water partition coefficient (Wildman–Crippen LogP) is 3.24. The summed E-state index contributed by atoms with van der Waals surface area (Å²) in [5.41, 5.74) is 0. The topological polar surface area (TPSA) is 39.7 Å². The van der Waals surface area contributed by atoms with Crippen LogP contribution in [-0.4, -0.2) is 49.6 Å². The molecule has 22 heavy (non-hydrogen) atoms. The number of aliphatic imine (C=N–C) groups is 1. The Morgan fingerprint density at radius 3 is 2.50 bits per heavy atom. The van der Waals surface area contributed by atoms with E-state index in [4.69, 9.17) is 4.99 Å². The van der Waals surface area contributed by atoms with Crippen LogP contribution in [0.15, 0.2) is 4.99 Å². The molecule has 0 aromatic rings. The van der Waals surface area contributed by atoms with Crippen LogP contribution in [0.5, 0.6) is 0 Å². The van der Waals surface area contributed by atoms with Crippen molar-refractivity contribution in [3.63, 3.8) is 0 Å². The molecule has 1 aliphatic heterocycles. The average Bonchev–Trinajstić information content (AvgIpc) is 2.49. The number of hydrogen-bond acceptors (Lipinski definition) is 2. The number of nitrogens with zero attached hydrogens (tertiary/aromatic N) is 2. The van der Waals surface area contributed by atoms with Crippen LogP contribution in [0.3, 0.4) is 0 Å². The van der Waals surface area contributed by atoms with Crippen molar-refractivity contribution in [3.05, 3.63) is 0 Å². The van der Waals surface area contributed by atoms with Crippen molar-refractivity contribution < 1.29 is 0 Å². The lowest BCUT2D eigenvalue weighted by Crippen LogP contribution is -2.48. The van der Waals surface area contributed by atoms with Crippen LogP contribution in [0.1, 0.15) is 66.2 Å². The van der Waals surface area contributed by atoms with E-state index in [1.807, 2.05) is 0 Å². The number of rotatable bonds is 9. The van der Waals surface area contributed by atoms with E-state index in [0.717, 1.165) is 25.0 Å². The molecule has 0 amide bonds. The Kier molecular flexibility index (Phi) is 10.3. The van der Waals surface area contributed by atoms with Gasteiger partial charge in [0.2, 0.25) is 0 Å². The smallest absolute Gasteiger partial charge is 0.191 e. The number of likely N-dealkylation sites (tertiary alicyclic amines) is 1. The molecule has 4 nitrogen and oxygen atoms in total. The van der Waals surface area contributed by atoms with Gasteiger partial charge in [-0.2, -0.15) is 0 Å². The number of unbranched alkanes of at least 4 members (excludes halogenated alkanes) is 1. The van der Waals surface area contributed by atoms with Gasteiger partial charge >= 0.3 is 0 Å². The minimum absolute atomic E-state index is 0.585. The Labute approximate surface area is 138 Å². The minimum Gasteiger partial charge on any atom is -0.357 e. The van der Waals surface area contributed by atoms with Gasteiger partial charge in [-0.3, -0.25) is 4.99 Å². The Morgan fingerprint density at radius 1 is 1.18 bits per heavy atom. The summed E-state index contributed by atoms with van der Waals surface area (Å²) in [5, 5.41) is 7.02. The van der Waals surface area contributed by atoms with Crippen molar-refractivity contribution in [1.29, 1.82) is 0 Å². The van der Waals surface area contributed by atoms with Gasteiger partial charge in [-0.15, -0.1) is 0 Å². The highest BCUT2D eigenvalue weighted by atomic mass is 15.2. The summed E-state index contributed by atoms with van der Waals surface area (Å²) in [4.78, 5) is 7.32. The van der Waals surface area contributed by atoms with E-state index >= 15 is 0 Å². The summed E-state index contributed by atoms with van der Waals surface area (Å²) >= 11 is 0. The molecular formula is C18H38N4. The largest absolute Gasteiger partial charge is 0.357 e. The highest BCUT2D eigenvalue weighted by Gasteiger charge is 2.19. The van der Waals surface area contributed by atoms with Gasteiger partial charge in [0.1, 0.15) is 0 Å². The van der Waals surface area contributed by atoms with Crippen molar-refractivity contribution in [2.24, 2.45) is 10.9 Å². The van der Waals surface area contributed by atoms with Crippen LogP contribution in [0.4, 0.5) is 0 Å². The third-order valence-electron chi connectivity index (χ3n) is 4.27. The lowest BCUT2D eigenvalue weighted by molar-refractivity contribution is 0.206. The Hall–Kier alpha value is -0.770. The lowest BCUT2D eigenvalue weighted by Gasteiger charge is -2.32. The van der Waals surface area contributed by atoms with Crippen molar-refractivity contribution in [2.45, 2.75) is 72.3 Å². The fourth-order valence-corrected chi connectivity index (χ4v) is 2.99. The first-order valence-electron chi connectivity index (χ1n) is 9.42. The molecule has 0 radical (unpaired) electrons. The van der Waals surface area contributed by atoms with Crippen LogP contribution in [0, 0.1) is 5.92 Å². The molecule has 0 aromatic carbocycles. The Morgan fingerprint density at radius 2 is 1.91 bits per heavy atom. The number of hydrogen-bond donors (Lipinski definition) is 2. The molecule has 0 bridgehead atoms. The molecule has 130 valence electrons. The fourth-order valence-electron chi connectivity index (χ4n) is 2.99. The summed E-state index contributed by atoms with van der Waals surface area (Å²) < 4.78 is 0. The number of nitrogens with one attached hydrogen (secondary N) is 2. The molecule has 1 fully saturated rings. The maximum absolute atomic E-state index is 4.74. The van der Waals surface area contributed by atoms with Crippen LogP contribution < -0.4 is 10.6 Å². The molecule has 0 saturated carbocycles. The van der Waals surface area contributed by atoms with E-state index in [1.54, 1.807) is 0 Å². The monoisotopic (exact) mass is 310 g/mol. The SMILES string of the molecule is CCCN1CCC(NC(=NCCCCC(C)C)NCC)CC1. The summed E-state index contributed by atoms with van der Waals surface area (Å²) in [6.07, 6.45) is 7.53. The van der Waals surface area contributed by atoms with Crippen LogP contribution >= 0.6 is 0 Å². The summed E-state index contributed by atoms with van der Waals surface area (Å²) in [6, 6.07) is 0.585. The van der Waals surface area contributed by atoms with Gasteiger partial charge in [-0.05, 0) is 45.1 Å². The van der Waals surface area contributed by atoms with Crippen LogP contribution in [0.2, 0.25) is 0 Å². The third kappa shape index (κ3) is 8.62. The van der Waals surface area contributed by atoms with E-state index in [9.17, 15) is 0 Å². The zero-order valence-corrected chi connectivity index (χ0v) is 15.3. The fraction of sp³-hybridized carbons (Fsp3) is 0.944. The zero-order valence-electron chi connectivity index (χ0n) is 15.3. The Balaban J connectivity index is 2.28. The maximum atomic E-state index is 4.74. The Bertz CT molecular complexity index is 293. The molecule has 1 heterocycles. The second-order valence-corrected chi connectivity index (χ2v) is 6.91. The summed E-state index contributed by atoms with van der Waals surface area (Å²) in [5.74, 6) is 1.82. The van der Waals surface area contributed by atoms with E-state index in [0.29, 0.717) is 6.04 Å². The molecular weight excluding hydrogens is 272 g/mol. The van der Waals surface area contributed by atoms with Gasteiger partial charge in [0.15, 0.2) is 5.96 Å².